The molecule has 1 aliphatic heterocycles. The predicted octanol–water partition coefficient (Wildman–Crippen LogP) is 2.60. The van der Waals surface area contributed by atoms with Crippen molar-refractivity contribution in [3.05, 3.63) is 35.9 Å². The molecule has 0 atom stereocenters. The first-order chi connectivity index (χ1) is 13.7. The van der Waals surface area contributed by atoms with E-state index >= 15 is 0 Å². The number of hydrogen-bond acceptors (Lipinski definition) is 6. The first-order valence-corrected chi connectivity index (χ1v) is 10.0. The summed E-state index contributed by atoms with van der Waals surface area (Å²) in [5.74, 6) is 0.768. The second-order valence-electron chi connectivity index (χ2n) is 7.63. The number of benzene rings is 1. The Morgan fingerprint density at radius 3 is 2.54 bits per heavy atom. The Hall–Kier alpha value is -2.38. The number of ether oxygens (including phenoxy) is 1. The average Bonchev–Trinajstić information content (AvgIpc) is 3.21. The molecule has 0 radical (unpaired) electrons. The van der Waals surface area contributed by atoms with Crippen molar-refractivity contribution in [1.29, 1.82) is 0 Å². The van der Waals surface area contributed by atoms with Gasteiger partial charge >= 0.3 is 0 Å². The summed E-state index contributed by atoms with van der Waals surface area (Å²) in [4.78, 5) is 15.4. The fourth-order valence-corrected chi connectivity index (χ4v) is 4.12. The van der Waals surface area contributed by atoms with E-state index < -0.39 is 5.54 Å². The normalized spacial score (nSPS) is 19.4. The third-order valence-corrected chi connectivity index (χ3v) is 5.74. The van der Waals surface area contributed by atoms with Crippen LogP contribution in [0.15, 0.2) is 34.9 Å². The molecule has 7 nitrogen and oxygen atoms in total. The van der Waals surface area contributed by atoms with Gasteiger partial charge < -0.3 is 24.6 Å². The highest BCUT2D eigenvalue weighted by Crippen LogP contribution is 2.34. The number of amides is 1. The zero-order chi connectivity index (χ0) is 19.4. The number of morpholine rings is 1. The minimum Gasteiger partial charge on any atom is -0.394 e. The molecule has 0 spiro atoms. The number of aliphatic hydroxyl groups is 1. The van der Waals surface area contributed by atoms with E-state index in [9.17, 15) is 9.90 Å². The summed E-state index contributed by atoms with van der Waals surface area (Å²) in [6.07, 6.45) is 4.72. The molecule has 150 valence electrons. The molecule has 1 aliphatic carbocycles. The minimum absolute atomic E-state index is 0.0580. The second kappa shape index (κ2) is 8.32. The van der Waals surface area contributed by atoms with Crippen LogP contribution < -0.4 is 10.2 Å². The van der Waals surface area contributed by atoms with Crippen molar-refractivity contribution < 1.29 is 19.2 Å². The average molecular weight is 385 g/mol. The summed E-state index contributed by atoms with van der Waals surface area (Å²) in [7, 11) is 0. The Labute approximate surface area is 164 Å². The van der Waals surface area contributed by atoms with Gasteiger partial charge in [-0.2, -0.15) is 0 Å². The number of carbonyl (C=O) groups is 1. The van der Waals surface area contributed by atoms with Crippen LogP contribution in [-0.2, 0) is 4.74 Å². The van der Waals surface area contributed by atoms with E-state index in [-0.39, 0.29) is 12.5 Å². The zero-order valence-electron chi connectivity index (χ0n) is 16.0. The van der Waals surface area contributed by atoms with Crippen molar-refractivity contribution in [3.8, 4) is 11.3 Å². The Bertz CT molecular complexity index is 793. The van der Waals surface area contributed by atoms with E-state index in [0.29, 0.717) is 43.4 Å². The Morgan fingerprint density at radius 1 is 1.14 bits per heavy atom. The van der Waals surface area contributed by atoms with Gasteiger partial charge in [-0.15, -0.1) is 0 Å². The van der Waals surface area contributed by atoms with Gasteiger partial charge in [0.25, 0.3) is 5.91 Å². The molecule has 1 amide bonds. The number of carbonyl (C=O) groups excluding carboxylic acids is 1. The maximum absolute atomic E-state index is 13.4. The Morgan fingerprint density at radius 2 is 1.86 bits per heavy atom. The van der Waals surface area contributed by atoms with E-state index in [1.807, 2.05) is 35.2 Å². The lowest BCUT2D eigenvalue weighted by Crippen LogP contribution is -2.52. The third kappa shape index (κ3) is 3.77. The van der Waals surface area contributed by atoms with E-state index in [0.717, 1.165) is 37.7 Å². The van der Waals surface area contributed by atoms with Crippen molar-refractivity contribution >= 4 is 11.7 Å². The summed E-state index contributed by atoms with van der Waals surface area (Å²) in [6.45, 7) is 2.44. The first kappa shape index (κ1) is 19.0. The molecule has 2 aromatic rings. The molecule has 0 unspecified atom stereocenters. The van der Waals surface area contributed by atoms with Gasteiger partial charge in [0.05, 0.1) is 25.4 Å². The number of anilines is 1. The molecule has 1 saturated carbocycles. The summed E-state index contributed by atoms with van der Waals surface area (Å²) >= 11 is 0. The van der Waals surface area contributed by atoms with Crippen molar-refractivity contribution in [2.75, 3.05) is 37.8 Å². The molecule has 0 bridgehead atoms. The van der Waals surface area contributed by atoms with Gasteiger partial charge in [-0.1, -0.05) is 54.8 Å². The van der Waals surface area contributed by atoms with Gasteiger partial charge in [-0.05, 0) is 12.8 Å². The predicted molar refractivity (Wildman–Crippen MR) is 105 cm³/mol. The van der Waals surface area contributed by atoms with Crippen LogP contribution in [0.2, 0.25) is 0 Å². The smallest absolute Gasteiger partial charge is 0.259 e. The fourth-order valence-electron chi connectivity index (χ4n) is 4.12. The minimum atomic E-state index is -0.567. The van der Waals surface area contributed by atoms with Gasteiger partial charge in [-0.25, -0.2) is 0 Å². The summed E-state index contributed by atoms with van der Waals surface area (Å²) in [5.41, 5.74) is 0.677. The maximum atomic E-state index is 13.4. The number of aliphatic hydroxyl groups excluding tert-OH is 1. The molecule has 2 aliphatic rings. The summed E-state index contributed by atoms with van der Waals surface area (Å²) in [6, 6.07) is 9.55. The van der Waals surface area contributed by atoms with Crippen LogP contribution in [0, 0.1) is 0 Å². The molecule has 4 rings (SSSR count). The summed E-state index contributed by atoms with van der Waals surface area (Å²) < 4.78 is 11.1. The topological polar surface area (TPSA) is 87.8 Å². The Kier molecular flexibility index (Phi) is 5.64. The molecular weight excluding hydrogens is 358 g/mol. The lowest BCUT2D eigenvalue weighted by molar-refractivity contribution is 0.0758. The van der Waals surface area contributed by atoms with E-state index in [1.54, 1.807) is 0 Å². The molecular formula is C21H27N3O4. The lowest BCUT2D eigenvalue weighted by Gasteiger charge is -2.36. The highest BCUT2D eigenvalue weighted by Gasteiger charge is 2.36. The quantitative estimate of drug-likeness (QED) is 0.823. The van der Waals surface area contributed by atoms with Crippen molar-refractivity contribution in [2.45, 2.75) is 37.6 Å². The number of aromatic nitrogens is 1. The monoisotopic (exact) mass is 385 g/mol. The van der Waals surface area contributed by atoms with Gasteiger partial charge in [0, 0.05) is 18.7 Å². The van der Waals surface area contributed by atoms with Crippen LogP contribution in [0.4, 0.5) is 5.82 Å². The first-order valence-electron chi connectivity index (χ1n) is 10.0. The second-order valence-corrected chi connectivity index (χ2v) is 7.63. The van der Waals surface area contributed by atoms with Gasteiger partial charge in [-0.3, -0.25) is 4.79 Å². The number of rotatable bonds is 5. The van der Waals surface area contributed by atoms with Crippen molar-refractivity contribution in [1.82, 2.24) is 10.5 Å². The van der Waals surface area contributed by atoms with E-state index in [1.165, 1.54) is 0 Å². The fraction of sp³-hybridized carbons (Fsp3) is 0.524. The van der Waals surface area contributed by atoms with Crippen molar-refractivity contribution in [3.63, 3.8) is 0 Å². The largest absolute Gasteiger partial charge is 0.394 e. The van der Waals surface area contributed by atoms with E-state index in [2.05, 4.69) is 10.5 Å². The van der Waals surface area contributed by atoms with Crippen LogP contribution in [0.3, 0.4) is 0 Å². The van der Waals surface area contributed by atoms with Gasteiger partial charge in [0.2, 0.25) is 0 Å². The number of nitrogens with zero attached hydrogens (tertiary/aromatic N) is 2. The highest BCUT2D eigenvalue weighted by atomic mass is 16.5. The molecule has 2 heterocycles. The van der Waals surface area contributed by atoms with Crippen LogP contribution in [-0.4, -0.2) is 54.6 Å². The molecule has 1 aromatic heterocycles. The lowest BCUT2D eigenvalue weighted by atomic mass is 9.82. The van der Waals surface area contributed by atoms with Crippen LogP contribution in [0.5, 0.6) is 0 Å². The molecule has 2 N–H and O–H groups in total. The maximum Gasteiger partial charge on any atom is 0.259 e. The molecule has 7 heteroatoms. The van der Waals surface area contributed by atoms with Gasteiger partial charge in [0.1, 0.15) is 5.56 Å². The SMILES string of the molecule is O=C(NC1(CO)CCCCC1)c1c(N2CCOCC2)noc1-c1ccccc1. The van der Waals surface area contributed by atoms with E-state index in [4.69, 9.17) is 9.26 Å². The van der Waals surface area contributed by atoms with Crippen LogP contribution >= 0.6 is 0 Å². The highest BCUT2D eigenvalue weighted by molar-refractivity contribution is 6.04. The third-order valence-electron chi connectivity index (χ3n) is 5.74. The molecule has 1 aromatic carbocycles. The number of nitrogens with one attached hydrogen (secondary N) is 1. The summed E-state index contributed by atoms with van der Waals surface area (Å²) in [5, 5.41) is 17.4. The molecule has 28 heavy (non-hydrogen) atoms. The zero-order valence-corrected chi connectivity index (χ0v) is 16.0. The molecule has 2 fully saturated rings. The Balaban J connectivity index is 1.70. The number of hydrogen-bond donors (Lipinski definition) is 2. The van der Waals surface area contributed by atoms with Crippen LogP contribution in [0.1, 0.15) is 42.5 Å². The standard InChI is InChI=1S/C21H27N3O4/c25-15-21(9-5-2-6-10-21)22-20(26)17-18(16-7-3-1-4-8-16)28-23-19(17)24-11-13-27-14-12-24/h1,3-4,7-8,25H,2,5-6,9-15H2,(H,22,26). The van der Waals surface area contributed by atoms with Crippen molar-refractivity contribution in [2.24, 2.45) is 0 Å². The molecule has 1 saturated heterocycles. The van der Waals surface area contributed by atoms with Gasteiger partial charge in [0.15, 0.2) is 11.6 Å². The van der Waals surface area contributed by atoms with Crippen LogP contribution in [0.25, 0.3) is 11.3 Å².